The van der Waals surface area contributed by atoms with Gasteiger partial charge >= 0.3 is 5.97 Å². The van der Waals surface area contributed by atoms with Crippen LogP contribution in [0.15, 0.2) is 12.4 Å². The second-order valence-corrected chi connectivity index (χ2v) is 5.34. The van der Waals surface area contributed by atoms with Crippen molar-refractivity contribution in [3.8, 4) is 0 Å². The van der Waals surface area contributed by atoms with Crippen molar-refractivity contribution in [1.29, 1.82) is 0 Å². The van der Waals surface area contributed by atoms with Crippen LogP contribution in [0.25, 0.3) is 0 Å². The van der Waals surface area contributed by atoms with Gasteiger partial charge in [0.15, 0.2) is 0 Å². The van der Waals surface area contributed by atoms with Crippen LogP contribution in [0.3, 0.4) is 0 Å². The predicted molar refractivity (Wildman–Crippen MR) is 76.0 cm³/mol. The van der Waals surface area contributed by atoms with Gasteiger partial charge in [-0.25, -0.2) is 0 Å². The molecule has 0 aromatic carbocycles. The largest absolute Gasteiger partial charge is 0.466 e. The molecule has 1 aromatic heterocycles. The summed E-state index contributed by atoms with van der Waals surface area (Å²) in [5.41, 5.74) is 1.86. The van der Waals surface area contributed by atoms with Crippen molar-refractivity contribution in [3.05, 3.63) is 23.8 Å². The summed E-state index contributed by atoms with van der Waals surface area (Å²) in [6.07, 6.45) is 7.56. The monoisotopic (exact) mass is 277 g/mol. The van der Waals surface area contributed by atoms with E-state index in [1.54, 1.807) is 12.4 Å². The number of nitrogens with one attached hydrogen (secondary N) is 1. The number of carbonyl (C=O) groups is 1. The summed E-state index contributed by atoms with van der Waals surface area (Å²) in [5.74, 6) is -0.000528. The molecule has 0 radical (unpaired) electrons. The molecule has 0 saturated heterocycles. The number of aromatic nitrogens is 2. The summed E-state index contributed by atoms with van der Waals surface area (Å²) in [6.45, 7) is 4.95. The van der Waals surface area contributed by atoms with Crippen LogP contribution < -0.4 is 5.32 Å². The average molecular weight is 277 g/mol. The van der Waals surface area contributed by atoms with E-state index >= 15 is 0 Å². The number of hydrogen-bond acceptors (Lipinski definition) is 5. The van der Waals surface area contributed by atoms with E-state index in [2.05, 4.69) is 15.3 Å². The van der Waals surface area contributed by atoms with E-state index in [4.69, 9.17) is 4.74 Å². The molecule has 2 rings (SSSR count). The van der Waals surface area contributed by atoms with Gasteiger partial charge in [-0.2, -0.15) is 0 Å². The van der Waals surface area contributed by atoms with Crippen molar-refractivity contribution in [2.45, 2.75) is 52.1 Å². The Kier molecular flexibility index (Phi) is 5.47. The number of hydrogen-bond donors (Lipinski definition) is 1. The molecular weight excluding hydrogens is 254 g/mol. The van der Waals surface area contributed by atoms with Gasteiger partial charge in [-0.1, -0.05) is 6.42 Å². The number of ether oxygens (including phenoxy) is 1. The Bertz CT molecular complexity index is 433. The van der Waals surface area contributed by atoms with Crippen LogP contribution in [0.4, 0.5) is 0 Å². The first-order chi connectivity index (χ1) is 9.69. The number of esters is 1. The highest BCUT2D eigenvalue weighted by atomic mass is 16.5. The van der Waals surface area contributed by atoms with Crippen molar-refractivity contribution in [2.24, 2.45) is 5.92 Å². The SMILES string of the molecule is CCOC(=O)C1CCCC(NCc2cnc(C)cn2)C1. The maximum Gasteiger partial charge on any atom is 0.308 e. The Labute approximate surface area is 120 Å². The third-order valence-electron chi connectivity index (χ3n) is 3.70. The number of carbonyl (C=O) groups excluding carboxylic acids is 1. The Balaban J connectivity index is 1.80. The van der Waals surface area contributed by atoms with E-state index in [-0.39, 0.29) is 11.9 Å². The second-order valence-electron chi connectivity index (χ2n) is 5.34. The molecule has 2 atom stereocenters. The lowest BCUT2D eigenvalue weighted by Crippen LogP contribution is -2.36. The molecule has 110 valence electrons. The lowest BCUT2D eigenvalue weighted by atomic mass is 9.85. The third-order valence-corrected chi connectivity index (χ3v) is 3.70. The first-order valence-corrected chi connectivity index (χ1v) is 7.36. The van der Waals surface area contributed by atoms with Gasteiger partial charge in [0.2, 0.25) is 0 Å². The number of rotatable bonds is 5. The van der Waals surface area contributed by atoms with Crippen molar-refractivity contribution < 1.29 is 9.53 Å². The summed E-state index contributed by atoms with van der Waals surface area (Å²) in [7, 11) is 0. The topological polar surface area (TPSA) is 64.1 Å². The summed E-state index contributed by atoms with van der Waals surface area (Å²) < 4.78 is 5.12. The van der Waals surface area contributed by atoms with E-state index in [9.17, 15) is 4.79 Å². The summed E-state index contributed by atoms with van der Waals surface area (Å²) in [4.78, 5) is 20.3. The van der Waals surface area contributed by atoms with E-state index in [1.807, 2.05) is 13.8 Å². The molecule has 20 heavy (non-hydrogen) atoms. The maximum absolute atomic E-state index is 11.8. The fourth-order valence-corrected chi connectivity index (χ4v) is 2.61. The first-order valence-electron chi connectivity index (χ1n) is 7.36. The zero-order valence-electron chi connectivity index (χ0n) is 12.3. The minimum atomic E-state index is -0.0471. The molecule has 5 heteroatoms. The molecule has 0 aliphatic heterocycles. The zero-order chi connectivity index (χ0) is 14.4. The molecule has 1 heterocycles. The molecule has 1 fully saturated rings. The highest BCUT2D eigenvalue weighted by Crippen LogP contribution is 2.25. The van der Waals surface area contributed by atoms with Crippen LogP contribution in [0.1, 0.15) is 44.0 Å². The van der Waals surface area contributed by atoms with Crippen LogP contribution in [0.2, 0.25) is 0 Å². The molecule has 2 unspecified atom stereocenters. The molecular formula is C15H23N3O2. The minimum absolute atomic E-state index is 0.0466. The lowest BCUT2D eigenvalue weighted by Gasteiger charge is -2.28. The van der Waals surface area contributed by atoms with Gasteiger partial charge in [0.25, 0.3) is 0 Å². The minimum Gasteiger partial charge on any atom is -0.466 e. The maximum atomic E-state index is 11.8. The van der Waals surface area contributed by atoms with Gasteiger partial charge in [-0.15, -0.1) is 0 Å². The standard InChI is InChI=1S/C15H23N3O2/c1-3-20-15(19)12-5-4-6-13(7-12)18-10-14-9-16-11(2)8-17-14/h8-9,12-13,18H,3-7,10H2,1-2H3. The summed E-state index contributed by atoms with van der Waals surface area (Å²) in [5, 5.41) is 3.47. The fraction of sp³-hybridized carbons (Fsp3) is 0.667. The Hall–Kier alpha value is -1.49. The molecule has 0 bridgehead atoms. The molecule has 1 aliphatic rings. The molecule has 1 aromatic rings. The lowest BCUT2D eigenvalue weighted by molar-refractivity contribution is -0.149. The van der Waals surface area contributed by atoms with Crippen molar-refractivity contribution in [2.75, 3.05) is 6.61 Å². The van der Waals surface area contributed by atoms with E-state index < -0.39 is 0 Å². The van der Waals surface area contributed by atoms with Crippen LogP contribution in [-0.2, 0) is 16.1 Å². The predicted octanol–water partition coefficient (Wildman–Crippen LogP) is 2.00. The van der Waals surface area contributed by atoms with Crippen LogP contribution in [-0.4, -0.2) is 28.6 Å². The fourth-order valence-electron chi connectivity index (χ4n) is 2.61. The number of aryl methyl sites for hydroxylation is 1. The molecule has 0 spiro atoms. The zero-order valence-corrected chi connectivity index (χ0v) is 12.3. The summed E-state index contributed by atoms with van der Waals surface area (Å²) >= 11 is 0. The van der Waals surface area contributed by atoms with Crippen LogP contribution >= 0.6 is 0 Å². The van der Waals surface area contributed by atoms with Gasteiger partial charge < -0.3 is 10.1 Å². The van der Waals surface area contributed by atoms with Gasteiger partial charge in [0.1, 0.15) is 0 Å². The van der Waals surface area contributed by atoms with Crippen molar-refractivity contribution >= 4 is 5.97 Å². The van der Waals surface area contributed by atoms with E-state index in [1.165, 1.54) is 0 Å². The van der Waals surface area contributed by atoms with Crippen LogP contribution in [0.5, 0.6) is 0 Å². The van der Waals surface area contributed by atoms with Crippen molar-refractivity contribution in [3.63, 3.8) is 0 Å². The quantitative estimate of drug-likeness (QED) is 0.834. The van der Waals surface area contributed by atoms with Gasteiger partial charge in [0.05, 0.1) is 23.9 Å². The second kappa shape index (κ2) is 7.33. The van der Waals surface area contributed by atoms with Gasteiger partial charge in [-0.3, -0.25) is 14.8 Å². The smallest absolute Gasteiger partial charge is 0.308 e. The highest BCUT2D eigenvalue weighted by Gasteiger charge is 2.27. The molecule has 1 N–H and O–H groups in total. The molecule has 0 amide bonds. The number of nitrogens with zero attached hydrogens (tertiary/aromatic N) is 2. The van der Waals surface area contributed by atoms with Crippen LogP contribution in [0, 0.1) is 12.8 Å². The van der Waals surface area contributed by atoms with E-state index in [0.29, 0.717) is 19.2 Å². The van der Waals surface area contributed by atoms with E-state index in [0.717, 1.165) is 37.1 Å². The normalized spacial score (nSPS) is 22.5. The van der Waals surface area contributed by atoms with Gasteiger partial charge in [-0.05, 0) is 33.1 Å². The molecule has 5 nitrogen and oxygen atoms in total. The molecule has 1 aliphatic carbocycles. The first kappa shape index (κ1) is 14.9. The van der Waals surface area contributed by atoms with Gasteiger partial charge in [0, 0.05) is 25.0 Å². The van der Waals surface area contributed by atoms with Crippen molar-refractivity contribution in [1.82, 2.24) is 15.3 Å². The third kappa shape index (κ3) is 4.27. The average Bonchev–Trinajstić information content (AvgIpc) is 2.47. The summed E-state index contributed by atoms with van der Waals surface area (Å²) in [6, 6.07) is 0.362. The molecule has 1 saturated carbocycles. The highest BCUT2D eigenvalue weighted by molar-refractivity contribution is 5.72. The Morgan fingerprint density at radius 3 is 2.95 bits per heavy atom. The Morgan fingerprint density at radius 1 is 1.40 bits per heavy atom. The Morgan fingerprint density at radius 2 is 2.25 bits per heavy atom.